The van der Waals surface area contributed by atoms with Gasteiger partial charge in [-0.05, 0) is 17.2 Å². The van der Waals surface area contributed by atoms with Crippen LogP contribution in [0.5, 0.6) is 0 Å². The van der Waals surface area contributed by atoms with Crippen LogP contribution in [0.15, 0.2) is 40.5 Å². The average Bonchev–Trinajstić information content (AvgIpc) is 2.83. The highest BCUT2D eigenvalue weighted by Crippen LogP contribution is 2.24. The number of nitrogens with one attached hydrogen (secondary N) is 1. The van der Waals surface area contributed by atoms with Gasteiger partial charge < -0.3 is 14.0 Å². The lowest BCUT2D eigenvalue weighted by Crippen LogP contribution is -2.61. The lowest BCUT2D eigenvalue weighted by atomic mass is 9.93. The molecule has 24 heavy (non-hydrogen) atoms. The lowest BCUT2D eigenvalue weighted by molar-refractivity contribution is -0.443. The minimum atomic E-state index is -2.82. The number of carbonyl (C=O) groups is 2. The van der Waals surface area contributed by atoms with Gasteiger partial charge in [-0.25, -0.2) is 4.79 Å². The quantitative estimate of drug-likeness (QED) is 0.651. The zero-order valence-corrected chi connectivity index (χ0v) is 13.3. The average molecular weight is 330 g/mol. The molecule has 0 aromatic heterocycles. The number of hydrogen-bond acceptors (Lipinski definition) is 8. The third-order valence-electron chi connectivity index (χ3n) is 3.39. The smallest absolute Gasteiger partial charge is 0.566 e. The van der Waals surface area contributed by atoms with E-state index < -0.39 is 18.8 Å². The van der Waals surface area contributed by atoms with Gasteiger partial charge in [-0.3, -0.25) is 10.2 Å². The molecule has 124 valence electrons. The van der Waals surface area contributed by atoms with Crippen molar-refractivity contribution in [3.8, 4) is 0 Å². The van der Waals surface area contributed by atoms with Gasteiger partial charge in [-0.2, -0.15) is 9.70 Å². The van der Waals surface area contributed by atoms with E-state index in [-0.39, 0.29) is 11.6 Å². The molecule has 0 radical (unpaired) electrons. The molecule has 0 aliphatic carbocycles. The maximum Gasteiger partial charge on any atom is 0.908 e. The first-order chi connectivity index (χ1) is 11.4. The Morgan fingerprint density at radius 2 is 2.00 bits per heavy atom. The van der Waals surface area contributed by atoms with Gasteiger partial charge in [0.25, 0.3) is 5.97 Å². The highest BCUT2D eigenvalue weighted by atomic mass is 16.8. The number of carbonyl (C=O) groups excluding carboxylic acids is 2. The topological polar surface area (TPSA) is 102 Å². The SMILES string of the molecule is CC(=O)O[B-]12OC(=O)/C(=N/Nc3ccccc3)C(C)=[N+]1N=C(C)O2. The minimum absolute atomic E-state index is 0.00514. The van der Waals surface area contributed by atoms with Crippen LogP contribution in [-0.4, -0.2) is 40.7 Å². The maximum atomic E-state index is 12.3. The molecular weight excluding hydrogens is 315 g/mol. The van der Waals surface area contributed by atoms with Crippen LogP contribution in [-0.2, 0) is 23.6 Å². The largest absolute Gasteiger partial charge is 0.908 e. The zero-order valence-electron chi connectivity index (χ0n) is 13.3. The third kappa shape index (κ3) is 2.73. The molecule has 9 nitrogen and oxygen atoms in total. The molecule has 1 unspecified atom stereocenters. The molecule has 2 aliphatic rings. The van der Waals surface area contributed by atoms with Gasteiger partial charge in [0, 0.05) is 20.8 Å². The molecule has 0 saturated carbocycles. The van der Waals surface area contributed by atoms with E-state index >= 15 is 0 Å². The summed E-state index contributed by atoms with van der Waals surface area (Å²) >= 11 is 0. The Morgan fingerprint density at radius 1 is 1.29 bits per heavy atom. The fourth-order valence-electron chi connectivity index (χ4n) is 2.41. The van der Waals surface area contributed by atoms with Gasteiger partial charge >= 0.3 is 12.9 Å². The highest BCUT2D eigenvalue weighted by molar-refractivity contribution is 6.74. The summed E-state index contributed by atoms with van der Waals surface area (Å²) < 4.78 is 16.9. The van der Waals surface area contributed by atoms with Crippen molar-refractivity contribution >= 4 is 41.8 Å². The van der Waals surface area contributed by atoms with Gasteiger partial charge in [0.15, 0.2) is 5.71 Å². The van der Waals surface area contributed by atoms with Crippen LogP contribution in [0.3, 0.4) is 0 Å². The Morgan fingerprint density at radius 3 is 2.67 bits per heavy atom. The molecule has 1 N–H and O–H groups in total. The van der Waals surface area contributed by atoms with E-state index in [0.717, 1.165) is 0 Å². The fraction of sp³-hybridized carbons (Fsp3) is 0.214. The Labute approximate surface area is 137 Å². The maximum absolute atomic E-state index is 12.3. The molecule has 0 spiro atoms. The van der Waals surface area contributed by atoms with Crippen LogP contribution in [0, 0.1) is 0 Å². The Balaban J connectivity index is 1.98. The van der Waals surface area contributed by atoms with Crippen LogP contribution in [0.4, 0.5) is 5.69 Å². The van der Waals surface area contributed by atoms with E-state index in [0.29, 0.717) is 11.4 Å². The van der Waals surface area contributed by atoms with Crippen molar-refractivity contribution in [2.45, 2.75) is 20.8 Å². The van der Waals surface area contributed by atoms with E-state index in [1.54, 1.807) is 26.0 Å². The Kier molecular flexibility index (Phi) is 3.80. The number of hydrazone groups is 2. The van der Waals surface area contributed by atoms with Crippen LogP contribution in [0.25, 0.3) is 0 Å². The van der Waals surface area contributed by atoms with Crippen molar-refractivity contribution in [1.82, 2.24) is 0 Å². The van der Waals surface area contributed by atoms with Gasteiger partial charge in [0.2, 0.25) is 11.6 Å². The second-order valence-corrected chi connectivity index (χ2v) is 5.22. The molecule has 1 aromatic rings. The molecule has 0 saturated heterocycles. The number of benzene rings is 1. The number of anilines is 1. The number of hydrogen-bond donors (Lipinski definition) is 1. The Hall–Kier alpha value is -3.17. The van der Waals surface area contributed by atoms with Crippen LogP contribution >= 0.6 is 0 Å². The first kappa shape index (κ1) is 15.7. The predicted molar refractivity (Wildman–Crippen MR) is 86.2 cm³/mol. The van der Waals surface area contributed by atoms with Crippen molar-refractivity contribution in [3.63, 3.8) is 0 Å². The molecule has 1 atom stereocenters. The van der Waals surface area contributed by atoms with Crippen molar-refractivity contribution in [1.29, 1.82) is 0 Å². The molecule has 0 bridgehead atoms. The summed E-state index contributed by atoms with van der Waals surface area (Å²) in [5, 5.41) is 8.18. The van der Waals surface area contributed by atoms with Gasteiger partial charge in [0.1, 0.15) is 0 Å². The number of rotatable bonds is 3. The summed E-state index contributed by atoms with van der Waals surface area (Å²) in [6, 6.07) is 9.10. The van der Waals surface area contributed by atoms with Gasteiger partial charge in [0.05, 0.1) is 5.69 Å². The molecule has 1 aromatic carbocycles. The third-order valence-corrected chi connectivity index (χ3v) is 3.39. The first-order valence-corrected chi connectivity index (χ1v) is 7.24. The van der Waals surface area contributed by atoms with Crippen molar-refractivity contribution < 1.29 is 28.1 Å². The summed E-state index contributed by atoms with van der Waals surface area (Å²) in [7, 11) is 0. The molecule has 0 fully saturated rings. The molecule has 3 rings (SSSR count). The minimum Gasteiger partial charge on any atom is -0.566 e. The number of nitrogens with zero attached hydrogens (tertiary/aromatic N) is 3. The highest BCUT2D eigenvalue weighted by Gasteiger charge is 2.65. The summed E-state index contributed by atoms with van der Waals surface area (Å²) in [4.78, 5) is 23.7. The van der Waals surface area contributed by atoms with Crippen LogP contribution in [0.1, 0.15) is 20.8 Å². The zero-order chi connectivity index (χ0) is 17.3. The van der Waals surface area contributed by atoms with Crippen molar-refractivity contribution in [2.75, 3.05) is 5.43 Å². The van der Waals surface area contributed by atoms with Crippen molar-refractivity contribution in [3.05, 3.63) is 30.3 Å². The van der Waals surface area contributed by atoms with Crippen LogP contribution in [0.2, 0.25) is 0 Å². The Bertz CT molecular complexity index is 805. The van der Waals surface area contributed by atoms with E-state index in [9.17, 15) is 9.59 Å². The van der Waals surface area contributed by atoms with E-state index in [1.807, 2.05) is 18.2 Å². The molecule has 10 heteroatoms. The van der Waals surface area contributed by atoms with Crippen molar-refractivity contribution in [2.24, 2.45) is 10.2 Å². The molecule has 0 amide bonds. The number of para-hydroxylation sites is 1. The van der Waals surface area contributed by atoms with Gasteiger partial charge in [-0.15, -0.1) is 0 Å². The predicted octanol–water partition coefficient (Wildman–Crippen LogP) is 0.847. The normalized spacial score (nSPS) is 24.0. The standard InChI is InChI=1S/C14H15BN4O5/c1-9-13(17-16-12-7-5-4-6-8-12)14(21)24-15(23-11(3)20)19(9)18-10(2)22-15/h4-8,16H,1-3H3/b17-13+. The summed E-state index contributed by atoms with van der Waals surface area (Å²) in [5.74, 6) is -1.23. The first-order valence-electron chi connectivity index (χ1n) is 7.24. The van der Waals surface area contributed by atoms with Gasteiger partial charge in [-0.1, -0.05) is 18.2 Å². The number of fused-ring (bicyclic) bond motifs is 1. The summed E-state index contributed by atoms with van der Waals surface area (Å²) in [5.41, 5.74) is 3.81. The molecule has 2 aliphatic heterocycles. The summed E-state index contributed by atoms with van der Waals surface area (Å²) in [6.45, 7) is 1.54. The van der Waals surface area contributed by atoms with E-state index in [1.165, 1.54) is 11.5 Å². The fourth-order valence-corrected chi connectivity index (χ4v) is 2.41. The second kappa shape index (κ2) is 5.80. The lowest BCUT2D eigenvalue weighted by Gasteiger charge is -2.30. The van der Waals surface area contributed by atoms with Crippen LogP contribution < -0.4 is 5.43 Å². The van der Waals surface area contributed by atoms with E-state index in [4.69, 9.17) is 14.0 Å². The molecular formula is C14H15BN4O5. The second-order valence-electron chi connectivity index (χ2n) is 5.22. The molecule has 2 heterocycles. The summed E-state index contributed by atoms with van der Waals surface area (Å²) in [6.07, 6.45) is 0. The monoisotopic (exact) mass is 330 g/mol. The van der Waals surface area contributed by atoms with E-state index in [2.05, 4.69) is 15.6 Å².